The number of hydrogen-bond acceptors (Lipinski definition) is 2. The van der Waals surface area contributed by atoms with Crippen molar-refractivity contribution in [3.05, 3.63) is 46.9 Å². The molecule has 0 saturated heterocycles. The summed E-state index contributed by atoms with van der Waals surface area (Å²) >= 11 is 6.24. The number of para-hydroxylation sites is 1. The Kier molecular flexibility index (Phi) is 2.00. The van der Waals surface area contributed by atoms with Crippen LogP contribution in [0.25, 0.3) is 22.3 Å². The van der Waals surface area contributed by atoms with Crippen molar-refractivity contribution in [2.75, 3.05) is 0 Å². The summed E-state index contributed by atoms with van der Waals surface area (Å²) < 4.78 is 0. The zero-order valence-electron chi connectivity index (χ0n) is 9.57. The lowest BCUT2D eigenvalue weighted by molar-refractivity contribution is 0.913. The topological polar surface area (TPSA) is 41.6 Å². The minimum Gasteiger partial charge on any atom is -0.352 e. The maximum absolute atomic E-state index is 6.24. The molecule has 4 rings (SSSR count). The molecule has 0 atom stereocenters. The van der Waals surface area contributed by atoms with Crippen molar-refractivity contribution < 1.29 is 0 Å². The van der Waals surface area contributed by atoms with Crippen LogP contribution in [0.1, 0.15) is 11.1 Å². The zero-order chi connectivity index (χ0) is 12.1. The fraction of sp³-hybridized carbons (Fsp3) is 0.143. The van der Waals surface area contributed by atoms with Crippen LogP contribution in [0.2, 0.25) is 5.02 Å². The molecular formula is C14H10ClN3. The molecule has 18 heavy (non-hydrogen) atoms. The molecule has 2 aromatic heterocycles. The predicted octanol–water partition coefficient (Wildman–Crippen LogP) is 3.38. The van der Waals surface area contributed by atoms with E-state index in [0.717, 1.165) is 34.8 Å². The van der Waals surface area contributed by atoms with E-state index in [9.17, 15) is 0 Å². The molecule has 0 saturated carbocycles. The van der Waals surface area contributed by atoms with Crippen LogP contribution in [0.3, 0.4) is 0 Å². The van der Waals surface area contributed by atoms with Crippen molar-refractivity contribution >= 4 is 22.5 Å². The van der Waals surface area contributed by atoms with Gasteiger partial charge in [0.1, 0.15) is 6.33 Å². The van der Waals surface area contributed by atoms with E-state index in [0.29, 0.717) is 0 Å². The van der Waals surface area contributed by atoms with E-state index in [4.69, 9.17) is 11.6 Å². The van der Waals surface area contributed by atoms with Crippen LogP contribution in [0.5, 0.6) is 0 Å². The first-order valence-electron chi connectivity index (χ1n) is 5.93. The monoisotopic (exact) mass is 255 g/mol. The SMILES string of the molecule is Clc1cccc2c3c([nH]c12)-c1ncncc1CC3. The summed E-state index contributed by atoms with van der Waals surface area (Å²) in [5.74, 6) is 0. The minimum atomic E-state index is 0.762. The summed E-state index contributed by atoms with van der Waals surface area (Å²) in [6, 6.07) is 6.02. The highest BCUT2D eigenvalue weighted by Crippen LogP contribution is 2.37. The molecule has 4 heteroatoms. The lowest BCUT2D eigenvalue weighted by Gasteiger charge is -2.14. The van der Waals surface area contributed by atoms with Gasteiger partial charge < -0.3 is 4.98 Å². The summed E-state index contributed by atoms with van der Waals surface area (Å²) in [6.07, 6.45) is 5.50. The number of nitrogens with zero attached hydrogens (tertiary/aromatic N) is 2. The number of aryl methyl sites for hydroxylation is 2. The molecule has 88 valence electrons. The number of fused-ring (bicyclic) bond motifs is 5. The molecule has 0 unspecified atom stereocenters. The summed E-state index contributed by atoms with van der Waals surface area (Å²) in [6.45, 7) is 0. The Hall–Kier alpha value is -1.87. The number of halogens is 1. The molecule has 0 fully saturated rings. The Bertz CT molecular complexity index is 761. The van der Waals surface area contributed by atoms with E-state index in [1.807, 2.05) is 18.3 Å². The van der Waals surface area contributed by atoms with Crippen LogP contribution >= 0.6 is 11.6 Å². The van der Waals surface area contributed by atoms with Gasteiger partial charge in [0.2, 0.25) is 0 Å². The van der Waals surface area contributed by atoms with Gasteiger partial charge in [-0.2, -0.15) is 0 Å². The molecule has 1 aliphatic carbocycles. The number of rotatable bonds is 0. The van der Waals surface area contributed by atoms with Crippen molar-refractivity contribution in [1.29, 1.82) is 0 Å². The Morgan fingerprint density at radius 3 is 3.11 bits per heavy atom. The molecule has 0 aliphatic heterocycles. The van der Waals surface area contributed by atoms with E-state index in [-0.39, 0.29) is 0 Å². The van der Waals surface area contributed by atoms with Gasteiger partial charge in [0, 0.05) is 11.6 Å². The van der Waals surface area contributed by atoms with Gasteiger partial charge in [0.25, 0.3) is 0 Å². The van der Waals surface area contributed by atoms with Crippen molar-refractivity contribution in [3.63, 3.8) is 0 Å². The van der Waals surface area contributed by atoms with Crippen molar-refractivity contribution in [3.8, 4) is 11.4 Å². The predicted molar refractivity (Wildman–Crippen MR) is 71.7 cm³/mol. The zero-order valence-corrected chi connectivity index (χ0v) is 10.3. The quantitative estimate of drug-likeness (QED) is 0.669. The second kappa shape index (κ2) is 3.56. The molecule has 0 spiro atoms. The summed E-state index contributed by atoms with van der Waals surface area (Å²) in [5.41, 5.74) is 5.64. The third-order valence-corrected chi connectivity index (χ3v) is 3.87. The summed E-state index contributed by atoms with van der Waals surface area (Å²) in [5, 5.41) is 1.97. The molecule has 1 aromatic carbocycles. The highest BCUT2D eigenvalue weighted by atomic mass is 35.5. The first-order valence-corrected chi connectivity index (χ1v) is 6.30. The Balaban J connectivity index is 2.11. The Morgan fingerprint density at radius 2 is 2.17 bits per heavy atom. The van der Waals surface area contributed by atoms with Gasteiger partial charge in [0.15, 0.2) is 0 Å². The van der Waals surface area contributed by atoms with Crippen LogP contribution in [0.4, 0.5) is 0 Å². The van der Waals surface area contributed by atoms with E-state index in [1.165, 1.54) is 16.5 Å². The van der Waals surface area contributed by atoms with Crippen LogP contribution in [0, 0.1) is 0 Å². The molecule has 0 bridgehead atoms. The van der Waals surface area contributed by atoms with Gasteiger partial charge in [-0.05, 0) is 30.0 Å². The number of aromatic amines is 1. The maximum Gasteiger partial charge on any atom is 0.116 e. The van der Waals surface area contributed by atoms with Crippen molar-refractivity contribution in [1.82, 2.24) is 15.0 Å². The normalized spacial score (nSPS) is 13.4. The second-order valence-corrected chi connectivity index (χ2v) is 4.94. The Morgan fingerprint density at radius 1 is 1.22 bits per heavy atom. The van der Waals surface area contributed by atoms with Gasteiger partial charge in [-0.1, -0.05) is 23.7 Å². The smallest absolute Gasteiger partial charge is 0.116 e. The average Bonchev–Trinajstić information content (AvgIpc) is 2.79. The van der Waals surface area contributed by atoms with Crippen LogP contribution < -0.4 is 0 Å². The van der Waals surface area contributed by atoms with Crippen molar-refractivity contribution in [2.45, 2.75) is 12.8 Å². The molecule has 0 amide bonds. The lowest BCUT2D eigenvalue weighted by atomic mass is 9.93. The van der Waals surface area contributed by atoms with E-state index in [2.05, 4.69) is 21.0 Å². The molecule has 3 nitrogen and oxygen atoms in total. The summed E-state index contributed by atoms with van der Waals surface area (Å²) in [4.78, 5) is 11.9. The average molecular weight is 256 g/mol. The number of aromatic nitrogens is 3. The van der Waals surface area contributed by atoms with Crippen molar-refractivity contribution in [2.24, 2.45) is 0 Å². The van der Waals surface area contributed by atoms with Gasteiger partial charge in [-0.3, -0.25) is 0 Å². The summed E-state index contributed by atoms with van der Waals surface area (Å²) in [7, 11) is 0. The first kappa shape index (κ1) is 10.1. The molecule has 1 N–H and O–H groups in total. The highest BCUT2D eigenvalue weighted by molar-refractivity contribution is 6.35. The third kappa shape index (κ3) is 1.25. The fourth-order valence-corrected chi connectivity index (χ4v) is 2.95. The number of hydrogen-bond donors (Lipinski definition) is 1. The van der Waals surface area contributed by atoms with Crippen LogP contribution in [-0.2, 0) is 12.8 Å². The van der Waals surface area contributed by atoms with Gasteiger partial charge in [-0.15, -0.1) is 0 Å². The first-order chi connectivity index (χ1) is 8.84. The van der Waals surface area contributed by atoms with Crippen LogP contribution in [0.15, 0.2) is 30.7 Å². The minimum absolute atomic E-state index is 0.762. The third-order valence-electron chi connectivity index (χ3n) is 3.56. The maximum atomic E-state index is 6.24. The van der Waals surface area contributed by atoms with Gasteiger partial charge >= 0.3 is 0 Å². The molecule has 1 aliphatic rings. The second-order valence-electron chi connectivity index (χ2n) is 4.54. The molecule has 2 heterocycles. The standard InChI is InChI=1S/C14H10ClN3/c15-11-3-1-2-9-10-5-4-8-6-16-7-17-12(8)14(10)18-13(9)11/h1-3,6-7,18H,4-5H2. The van der Waals surface area contributed by atoms with Gasteiger partial charge in [-0.25, -0.2) is 9.97 Å². The molecular weight excluding hydrogens is 246 g/mol. The number of H-pyrrole nitrogens is 1. The van der Waals surface area contributed by atoms with Crippen LogP contribution in [-0.4, -0.2) is 15.0 Å². The highest BCUT2D eigenvalue weighted by Gasteiger charge is 2.22. The fourth-order valence-electron chi connectivity index (χ4n) is 2.73. The number of nitrogens with one attached hydrogen (secondary N) is 1. The molecule has 0 radical (unpaired) electrons. The van der Waals surface area contributed by atoms with E-state index < -0.39 is 0 Å². The lowest BCUT2D eigenvalue weighted by Crippen LogP contribution is -2.05. The van der Waals surface area contributed by atoms with Gasteiger partial charge in [0.05, 0.1) is 21.9 Å². The Labute approximate surface area is 109 Å². The molecule has 3 aromatic rings. The van der Waals surface area contributed by atoms with E-state index >= 15 is 0 Å². The van der Waals surface area contributed by atoms with E-state index in [1.54, 1.807) is 6.33 Å². The largest absolute Gasteiger partial charge is 0.352 e. The number of benzene rings is 1.